The van der Waals surface area contributed by atoms with Crippen LogP contribution in [0.3, 0.4) is 0 Å². The molecule has 0 heterocycles. The van der Waals surface area contributed by atoms with Crippen molar-refractivity contribution in [3.05, 3.63) is 33.3 Å². The van der Waals surface area contributed by atoms with Gasteiger partial charge in [0.05, 0.1) is 9.95 Å². The summed E-state index contributed by atoms with van der Waals surface area (Å²) in [5.41, 5.74) is -0.343. The first-order valence-electron chi connectivity index (χ1n) is 6.42. The van der Waals surface area contributed by atoms with E-state index in [1.54, 1.807) is 0 Å². The number of rotatable bonds is 5. The summed E-state index contributed by atoms with van der Waals surface area (Å²) in [6.07, 6.45) is 2.18. The number of nitro benzene ring substituents is 1. The molecule has 0 radical (unpaired) electrons. The number of hydrogen-bond acceptors (Lipinski definition) is 5. The lowest BCUT2D eigenvalue weighted by molar-refractivity contribution is -0.385. The third-order valence-corrected chi connectivity index (χ3v) is 5.59. The first-order chi connectivity index (χ1) is 9.85. The van der Waals surface area contributed by atoms with Crippen molar-refractivity contribution in [2.45, 2.75) is 30.2 Å². The molecule has 0 bridgehead atoms. The molecule has 2 atom stereocenters. The van der Waals surface area contributed by atoms with Crippen molar-refractivity contribution in [2.75, 3.05) is 6.61 Å². The Bertz CT molecular complexity index is 649. The molecule has 1 aliphatic carbocycles. The van der Waals surface area contributed by atoms with Gasteiger partial charge >= 0.3 is 0 Å². The van der Waals surface area contributed by atoms with Gasteiger partial charge in [0, 0.05) is 24.8 Å². The average Bonchev–Trinajstić information content (AvgIpc) is 2.85. The molecule has 1 aromatic carbocycles. The predicted octanol–water partition coefficient (Wildman–Crippen LogP) is 1.69. The zero-order valence-electron chi connectivity index (χ0n) is 11.0. The van der Waals surface area contributed by atoms with E-state index in [2.05, 4.69) is 4.72 Å². The lowest BCUT2D eigenvalue weighted by Gasteiger charge is -2.19. The molecule has 1 saturated carbocycles. The highest BCUT2D eigenvalue weighted by atomic mass is 35.5. The molecule has 2 N–H and O–H groups in total. The van der Waals surface area contributed by atoms with Crippen LogP contribution < -0.4 is 4.72 Å². The van der Waals surface area contributed by atoms with E-state index >= 15 is 0 Å². The minimum absolute atomic E-state index is 0.0772. The molecule has 7 nitrogen and oxygen atoms in total. The number of non-ortho nitro benzene ring substituents is 1. The van der Waals surface area contributed by atoms with Gasteiger partial charge in [0.15, 0.2) is 0 Å². The van der Waals surface area contributed by atoms with Crippen LogP contribution in [0.2, 0.25) is 5.02 Å². The molecule has 0 aromatic heterocycles. The van der Waals surface area contributed by atoms with Gasteiger partial charge in [0.1, 0.15) is 4.90 Å². The van der Waals surface area contributed by atoms with Crippen LogP contribution in [0.4, 0.5) is 5.69 Å². The molecular weight excluding hydrogens is 320 g/mol. The van der Waals surface area contributed by atoms with Crippen molar-refractivity contribution in [2.24, 2.45) is 5.92 Å². The molecule has 0 saturated heterocycles. The molecule has 21 heavy (non-hydrogen) atoms. The van der Waals surface area contributed by atoms with E-state index in [9.17, 15) is 23.6 Å². The molecule has 2 unspecified atom stereocenters. The predicted molar refractivity (Wildman–Crippen MR) is 76.6 cm³/mol. The Balaban J connectivity index is 2.31. The summed E-state index contributed by atoms with van der Waals surface area (Å²) in [5, 5.41) is 19.9. The maximum Gasteiger partial charge on any atom is 0.270 e. The van der Waals surface area contributed by atoms with E-state index in [-0.39, 0.29) is 34.2 Å². The van der Waals surface area contributed by atoms with E-state index in [1.165, 1.54) is 6.07 Å². The van der Waals surface area contributed by atoms with E-state index < -0.39 is 14.9 Å². The summed E-state index contributed by atoms with van der Waals surface area (Å²) in [4.78, 5) is 9.75. The minimum atomic E-state index is -3.97. The smallest absolute Gasteiger partial charge is 0.270 e. The molecule has 1 fully saturated rings. The number of nitrogens with one attached hydrogen (secondary N) is 1. The van der Waals surface area contributed by atoms with Crippen molar-refractivity contribution in [1.29, 1.82) is 0 Å². The highest BCUT2D eigenvalue weighted by Crippen LogP contribution is 2.30. The summed E-state index contributed by atoms with van der Waals surface area (Å²) in [5.74, 6) is -0.141. The lowest BCUT2D eigenvalue weighted by atomic mass is 10.1. The van der Waals surface area contributed by atoms with E-state index in [0.29, 0.717) is 6.42 Å². The summed E-state index contributed by atoms with van der Waals surface area (Å²) >= 11 is 5.85. The third kappa shape index (κ3) is 3.52. The second kappa shape index (κ2) is 6.27. The number of benzene rings is 1. The van der Waals surface area contributed by atoms with Crippen LogP contribution in [0, 0.1) is 16.0 Å². The van der Waals surface area contributed by atoms with Gasteiger partial charge in [-0.25, -0.2) is 13.1 Å². The number of nitrogens with zero attached hydrogens (tertiary/aromatic N) is 1. The van der Waals surface area contributed by atoms with Gasteiger partial charge in [-0.3, -0.25) is 10.1 Å². The molecule has 116 valence electrons. The quantitative estimate of drug-likeness (QED) is 0.629. The van der Waals surface area contributed by atoms with Crippen LogP contribution in [0.5, 0.6) is 0 Å². The Kier molecular flexibility index (Phi) is 4.82. The summed E-state index contributed by atoms with van der Waals surface area (Å²) in [6.45, 7) is -0.101. The van der Waals surface area contributed by atoms with Crippen LogP contribution in [-0.4, -0.2) is 31.1 Å². The first-order valence-corrected chi connectivity index (χ1v) is 8.28. The first kappa shape index (κ1) is 16.2. The van der Waals surface area contributed by atoms with Gasteiger partial charge in [0.2, 0.25) is 10.0 Å². The molecule has 0 aliphatic heterocycles. The van der Waals surface area contributed by atoms with Crippen LogP contribution in [-0.2, 0) is 10.0 Å². The van der Waals surface area contributed by atoms with E-state index in [4.69, 9.17) is 11.6 Å². The van der Waals surface area contributed by atoms with Crippen molar-refractivity contribution in [3.63, 3.8) is 0 Å². The van der Waals surface area contributed by atoms with Gasteiger partial charge in [-0.15, -0.1) is 0 Å². The highest BCUT2D eigenvalue weighted by molar-refractivity contribution is 7.89. The monoisotopic (exact) mass is 334 g/mol. The number of hydrogen-bond donors (Lipinski definition) is 2. The van der Waals surface area contributed by atoms with E-state index in [1.807, 2.05) is 0 Å². The van der Waals surface area contributed by atoms with Crippen LogP contribution in [0.1, 0.15) is 19.3 Å². The number of sulfonamides is 1. The Labute approximate surface area is 127 Å². The Morgan fingerprint density at radius 3 is 2.76 bits per heavy atom. The molecule has 0 spiro atoms. The Hall–Kier alpha value is -1.22. The lowest BCUT2D eigenvalue weighted by Crippen LogP contribution is -2.38. The van der Waals surface area contributed by atoms with Gasteiger partial charge in [-0.1, -0.05) is 18.0 Å². The van der Waals surface area contributed by atoms with Gasteiger partial charge in [-0.2, -0.15) is 0 Å². The second-order valence-corrected chi connectivity index (χ2v) is 7.06. The fourth-order valence-corrected chi connectivity index (χ4v) is 4.34. The SMILES string of the molecule is O=[N+]([O-])c1ccc(Cl)c(S(=O)(=O)NC2CCCC2CO)c1. The van der Waals surface area contributed by atoms with Crippen LogP contribution in [0.15, 0.2) is 23.1 Å². The zero-order chi connectivity index (χ0) is 15.6. The van der Waals surface area contributed by atoms with Crippen molar-refractivity contribution in [3.8, 4) is 0 Å². The normalized spacial score (nSPS) is 22.4. The number of nitro groups is 1. The average molecular weight is 335 g/mol. The van der Waals surface area contributed by atoms with Crippen molar-refractivity contribution in [1.82, 2.24) is 4.72 Å². The largest absolute Gasteiger partial charge is 0.396 e. The van der Waals surface area contributed by atoms with Crippen molar-refractivity contribution < 1.29 is 18.4 Å². The number of aliphatic hydroxyl groups excluding tert-OH is 1. The summed E-state index contributed by atoms with van der Waals surface area (Å²) < 4.78 is 27.2. The van der Waals surface area contributed by atoms with Crippen LogP contribution >= 0.6 is 11.6 Å². The fourth-order valence-electron chi connectivity index (χ4n) is 2.48. The van der Waals surface area contributed by atoms with E-state index in [0.717, 1.165) is 25.0 Å². The Morgan fingerprint density at radius 2 is 2.14 bits per heavy atom. The standard InChI is InChI=1S/C12H15ClN2O5S/c13-10-5-4-9(15(17)18)6-12(10)21(19,20)14-11-3-1-2-8(11)7-16/h4-6,8,11,14,16H,1-3,7H2. The van der Waals surface area contributed by atoms with Crippen molar-refractivity contribution >= 4 is 27.3 Å². The van der Waals surface area contributed by atoms with Crippen LogP contribution in [0.25, 0.3) is 0 Å². The molecule has 2 rings (SSSR count). The fraction of sp³-hybridized carbons (Fsp3) is 0.500. The molecule has 1 aromatic rings. The molecule has 1 aliphatic rings. The molecule has 9 heteroatoms. The maximum absolute atomic E-state index is 12.3. The van der Waals surface area contributed by atoms with Gasteiger partial charge in [0.25, 0.3) is 5.69 Å². The molecular formula is C12H15ClN2O5S. The minimum Gasteiger partial charge on any atom is -0.396 e. The third-order valence-electron chi connectivity index (χ3n) is 3.62. The topological polar surface area (TPSA) is 110 Å². The maximum atomic E-state index is 12.3. The second-order valence-electron chi connectivity index (χ2n) is 4.97. The summed E-state index contributed by atoms with van der Waals surface area (Å²) in [7, 11) is -3.97. The zero-order valence-corrected chi connectivity index (χ0v) is 12.6. The highest BCUT2D eigenvalue weighted by Gasteiger charge is 2.32. The van der Waals surface area contributed by atoms with Gasteiger partial charge in [-0.05, 0) is 24.8 Å². The Morgan fingerprint density at radius 1 is 1.43 bits per heavy atom. The number of aliphatic hydroxyl groups is 1. The van der Waals surface area contributed by atoms with Gasteiger partial charge < -0.3 is 5.11 Å². The summed E-state index contributed by atoms with van der Waals surface area (Å²) in [6, 6.07) is 2.89. The molecule has 0 amide bonds. The number of halogens is 1.